The molecule has 1 N–H and O–H groups in total. The summed E-state index contributed by atoms with van der Waals surface area (Å²) in [7, 11) is 0. The highest BCUT2D eigenvalue weighted by atomic mass is 19.4. The van der Waals surface area contributed by atoms with Crippen molar-refractivity contribution in [1.29, 1.82) is 0 Å². The number of halogens is 3. The predicted octanol–water partition coefficient (Wildman–Crippen LogP) is 2.60. The molecule has 10 heteroatoms. The van der Waals surface area contributed by atoms with Gasteiger partial charge in [0.05, 0.1) is 17.8 Å². The fourth-order valence-electron chi connectivity index (χ4n) is 2.88. The van der Waals surface area contributed by atoms with Gasteiger partial charge in [0.2, 0.25) is 5.69 Å². The Hall–Kier alpha value is -3.69. The van der Waals surface area contributed by atoms with Crippen LogP contribution in [0.2, 0.25) is 0 Å². The Morgan fingerprint density at radius 3 is 2.42 bits per heavy atom. The van der Waals surface area contributed by atoms with Crippen LogP contribution in [0, 0.1) is 0 Å². The Bertz CT molecular complexity index is 1200. The summed E-state index contributed by atoms with van der Waals surface area (Å²) in [5.74, 6) is -0.769. The van der Waals surface area contributed by atoms with Crippen LogP contribution in [-0.4, -0.2) is 26.8 Å². The highest BCUT2D eigenvalue weighted by Crippen LogP contribution is 2.29. The van der Waals surface area contributed by atoms with E-state index in [9.17, 15) is 27.6 Å². The number of hydrogen-bond donors (Lipinski definition) is 1. The molecule has 1 aromatic heterocycles. The second kappa shape index (κ2) is 8.99. The number of amides is 1. The number of aromatic nitrogens is 3. The summed E-state index contributed by atoms with van der Waals surface area (Å²) in [6.45, 7) is 1.66. The van der Waals surface area contributed by atoms with E-state index in [0.29, 0.717) is 16.7 Å². The largest absolute Gasteiger partial charge is 0.416 e. The zero-order valence-electron chi connectivity index (χ0n) is 16.5. The van der Waals surface area contributed by atoms with Gasteiger partial charge in [-0.05, 0) is 36.2 Å². The maximum absolute atomic E-state index is 13.0. The van der Waals surface area contributed by atoms with Crippen molar-refractivity contribution in [2.45, 2.75) is 26.1 Å². The standard InChI is InChI=1S/C21H19F3N4O3/c1-2-11-25-18(29)17-19(30)27(13-14-7-6-8-15(12-14)21(22,23)24)20(31)28(26-17)16-9-4-3-5-10-16/h3-10,12H,2,11,13H2,1H3,(H,25,29). The van der Waals surface area contributed by atoms with Crippen molar-refractivity contribution in [3.8, 4) is 5.69 Å². The summed E-state index contributed by atoms with van der Waals surface area (Å²) in [5, 5.41) is 6.46. The molecule has 1 heterocycles. The molecule has 0 fully saturated rings. The van der Waals surface area contributed by atoms with E-state index in [0.717, 1.165) is 16.8 Å². The minimum absolute atomic E-state index is 0.0831. The first-order chi connectivity index (χ1) is 14.7. The number of para-hydroxylation sites is 1. The van der Waals surface area contributed by atoms with Gasteiger partial charge in [-0.3, -0.25) is 14.2 Å². The van der Waals surface area contributed by atoms with Gasteiger partial charge in [-0.25, -0.2) is 4.79 Å². The summed E-state index contributed by atoms with van der Waals surface area (Å²) in [6, 6.07) is 12.4. The van der Waals surface area contributed by atoms with Crippen LogP contribution >= 0.6 is 0 Å². The van der Waals surface area contributed by atoms with Crippen LogP contribution in [0.4, 0.5) is 13.2 Å². The van der Waals surface area contributed by atoms with E-state index in [-0.39, 0.29) is 12.1 Å². The van der Waals surface area contributed by atoms with Gasteiger partial charge in [0.1, 0.15) is 0 Å². The lowest BCUT2D eigenvalue weighted by atomic mass is 10.1. The minimum Gasteiger partial charge on any atom is -0.350 e. The smallest absolute Gasteiger partial charge is 0.350 e. The van der Waals surface area contributed by atoms with Crippen molar-refractivity contribution in [2.75, 3.05) is 6.54 Å². The fourth-order valence-corrected chi connectivity index (χ4v) is 2.88. The Balaban J connectivity index is 2.16. The quantitative estimate of drug-likeness (QED) is 0.649. The normalized spacial score (nSPS) is 11.4. The Labute approximate surface area is 174 Å². The molecule has 0 saturated heterocycles. The van der Waals surface area contributed by atoms with Crippen LogP contribution in [-0.2, 0) is 12.7 Å². The molecule has 0 bridgehead atoms. The molecule has 162 valence electrons. The van der Waals surface area contributed by atoms with Crippen molar-refractivity contribution in [3.63, 3.8) is 0 Å². The third-order valence-electron chi connectivity index (χ3n) is 4.41. The molecule has 0 unspecified atom stereocenters. The first kappa shape index (κ1) is 22.0. The van der Waals surface area contributed by atoms with E-state index in [1.165, 1.54) is 12.1 Å². The molecule has 0 aliphatic rings. The molecule has 0 aliphatic heterocycles. The van der Waals surface area contributed by atoms with Gasteiger partial charge in [0, 0.05) is 6.54 Å². The Kier molecular flexibility index (Phi) is 6.38. The van der Waals surface area contributed by atoms with Crippen molar-refractivity contribution in [3.05, 3.63) is 92.3 Å². The summed E-state index contributed by atoms with van der Waals surface area (Å²) in [4.78, 5) is 38.3. The van der Waals surface area contributed by atoms with Crippen LogP contribution in [0.25, 0.3) is 5.69 Å². The van der Waals surface area contributed by atoms with Crippen LogP contribution < -0.4 is 16.6 Å². The molecule has 7 nitrogen and oxygen atoms in total. The van der Waals surface area contributed by atoms with Crippen molar-refractivity contribution < 1.29 is 18.0 Å². The molecular weight excluding hydrogens is 413 g/mol. The van der Waals surface area contributed by atoms with Crippen LogP contribution in [0.5, 0.6) is 0 Å². The van der Waals surface area contributed by atoms with Gasteiger partial charge < -0.3 is 5.32 Å². The van der Waals surface area contributed by atoms with Crippen LogP contribution in [0.3, 0.4) is 0 Å². The molecular formula is C21H19F3N4O3. The lowest BCUT2D eigenvalue weighted by Crippen LogP contribution is -2.46. The third kappa shape index (κ3) is 4.90. The van der Waals surface area contributed by atoms with E-state index in [1.54, 1.807) is 30.3 Å². The SMILES string of the molecule is CCCNC(=O)c1nn(-c2ccccc2)c(=O)n(Cc2cccc(C(F)(F)F)c2)c1=O. The topological polar surface area (TPSA) is 86.0 Å². The summed E-state index contributed by atoms with van der Waals surface area (Å²) in [5.41, 5.74) is -2.90. The van der Waals surface area contributed by atoms with Gasteiger partial charge >= 0.3 is 11.9 Å². The number of rotatable bonds is 6. The molecule has 2 aromatic carbocycles. The Morgan fingerprint density at radius 1 is 1.06 bits per heavy atom. The number of carbonyl (C=O) groups excluding carboxylic acids is 1. The number of carbonyl (C=O) groups is 1. The van der Waals surface area contributed by atoms with Crippen LogP contribution in [0.15, 0.2) is 64.2 Å². The van der Waals surface area contributed by atoms with Gasteiger partial charge in [0.15, 0.2) is 0 Å². The van der Waals surface area contributed by atoms with E-state index in [1.807, 2.05) is 6.92 Å². The molecule has 3 rings (SSSR count). The highest BCUT2D eigenvalue weighted by Gasteiger charge is 2.30. The lowest BCUT2D eigenvalue weighted by molar-refractivity contribution is -0.137. The third-order valence-corrected chi connectivity index (χ3v) is 4.41. The molecule has 0 atom stereocenters. The maximum Gasteiger partial charge on any atom is 0.416 e. The molecule has 0 spiro atoms. The van der Waals surface area contributed by atoms with Gasteiger partial charge in [-0.2, -0.15) is 23.0 Å². The molecule has 0 radical (unpaired) electrons. The highest BCUT2D eigenvalue weighted by molar-refractivity contribution is 5.91. The second-order valence-electron chi connectivity index (χ2n) is 6.72. The first-order valence-electron chi connectivity index (χ1n) is 9.46. The zero-order chi connectivity index (χ0) is 22.6. The van der Waals surface area contributed by atoms with E-state index in [4.69, 9.17) is 0 Å². The molecule has 3 aromatic rings. The zero-order valence-corrected chi connectivity index (χ0v) is 16.5. The number of alkyl halides is 3. The number of hydrogen-bond acceptors (Lipinski definition) is 4. The van der Waals surface area contributed by atoms with E-state index < -0.39 is 41.1 Å². The van der Waals surface area contributed by atoms with Crippen molar-refractivity contribution in [1.82, 2.24) is 19.7 Å². The number of nitrogens with zero attached hydrogens (tertiary/aromatic N) is 3. The molecule has 1 amide bonds. The summed E-state index contributed by atoms with van der Waals surface area (Å²) < 4.78 is 40.7. The molecule has 0 aliphatic carbocycles. The average Bonchev–Trinajstić information content (AvgIpc) is 2.75. The monoisotopic (exact) mass is 432 g/mol. The molecule has 31 heavy (non-hydrogen) atoms. The minimum atomic E-state index is -4.57. The summed E-state index contributed by atoms with van der Waals surface area (Å²) in [6.07, 6.45) is -3.96. The fraction of sp³-hybridized carbons (Fsp3) is 0.238. The maximum atomic E-state index is 13.0. The Morgan fingerprint density at radius 2 is 1.77 bits per heavy atom. The van der Waals surface area contributed by atoms with Gasteiger partial charge in [0.25, 0.3) is 11.5 Å². The van der Waals surface area contributed by atoms with Crippen molar-refractivity contribution in [2.24, 2.45) is 0 Å². The van der Waals surface area contributed by atoms with Crippen LogP contribution in [0.1, 0.15) is 35.0 Å². The summed E-state index contributed by atoms with van der Waals surface area (Å²) >= 11 is 0. The predicted molar refractivity (Wildman–Crippen MR) is 107 cm³/mol. The first-order valence-corrected chi connectivity index (χ1v) is 9.46. The van der Waals surface area contributed by atoms with Gasteiger partial charge in [-0.1, -0.05) is 37.3 Å². The van der Waals surface area contributed by atoms with E-state index in [2.05, 4.69) is 10.4 Å². The average molecular weight is 432 g/mol. The van der Waals surface area contributed by atoms with Crippen molar-refractivity contribution >= 4 is 5.91 Å². The van der Waals surface area contributed by atoms with E-state index >= 15 is 0 Å². The lowest BCUT2D eigenvalue weighted by Gasteiger charge is -2.13. The number of benzene rings is 2. The molecule has 0 saturated carbocycles. The van der Waals surface area contributed by atoms with Gasteiger partial charge in [-0.15, -0.1) is 0 Å². The second-order valence-corrected chi connectivity index (χ2v) is 6.72. The number of nitrogens with one attached hydrogen (secondary N) is 1.